The Morgan fingerprint density at radius 1 is 0.647 bits per heavy atom. The van der Waals surface area contributed by atoms with Crippen LogP contribution in [0.25, 0.3) is 0 Å². The van der Waals surface area contributed by atoms with Crippen molar-refractivity contribution in [3.8, 4) is 0 Å². The highest BCUT2D eigenvalue weighted by molar-refractivity contribution is 5.72. The molecule has 2 atom stereocenters. The molecule has 0 aromatic rings. The first kappa shape index (κ1) is 47.8. The molecule has 0 fully saturated rings. The molecular weight excluding hydrogens is 642 g/mol. The van der Waals surface area contributed by atoms with E-state index in [-0.39, 0.29) is 43.1 Å². The summed E-state index contributed by atoms with van der Waals surface area (Å²) in [4.78, 5) is 36.7. The van der Waals surface area contributed by atoms with E-state index >= 15 is 0 Å². The van der Waals surface area contributed by atoms with Gasteiger partial charge in [0, 0.05) is 12.8 Å². The number of rotatable bonds is 33. The van der Waals surface area contributed by atoms with Gasteiger partial charge in [0.1, 0.15) is 6.61 Å². The molecule has 1 N–H and O–H groups in total. The maximum atomic E-state index is 12.6. The molecule has 0 rings (SSSR count). The van der Waals surface area contributed by atoms with Crippen molar-refractivity contribution in [3.63, 3.8) is 0 Å². The van der Waals surface area contributed by atoms with Crippen molar-refractivity contribution in [2.24, 2.45) is 0 Å². The molecule has 0 spiro atoms. The number of carboxylic acid groups (broad SMARTS) is 1. The van der Waals surface area contributed by atoms with Gasteiger partial charge in [-0.05, 0) is 51.4 Å². The molecule has 0 aromatic heterocycles. The van der Waals surface area contributed by atoms with E-state index in [1.54, 1.807) is 6.08 Å². The molecular formula is C43H72NO7+. The minimum atomic E-state index is -0.893. The van der Waals surface area contributed by atoms with E-state index in [1.165, 1.54) is 32.1 Å². The van der Waals surface area contributed by atoms with E-state index in [2.05, 4.69) is 74.6 Å². The molecule has 8 nitrogen and oxygen atoms in total. The van der Waals surface area contributed by atoms with Gasteiger partial charge >= 0.3 is 17.9 Å². The van der Waals surface area contributed by atoms with Gasteiger partial charge in [-0.3, -0.25) is 9.59 Å². The SMILES string of the molecule is CC/C=C/C/C=C/C/C=C/CC(=O)OCC(COCCC(C(=O)O)[N+](C)(C)C)OC(=O)CCCCCCC/C=C/C=C/C=C/CCCCCCC. The molecule has 0 radical (unpaired) electrons. The van der Waals surface area contributed by atoms with Crippen molar-refractivity contribution < 1.29 is 38.2 Å². The van der Waals surface area contributed by atoms with E-state index in [1.807, 2.05) is 27.2 Å². The summed E-state index contributed by atoms with van der Waals surface area (Å²) in [6.45, 7) is 4.43. The topological polar surface area (TPSA) is 99.1 Å². The minimum Gasteiger partial charge on any atom is -0.477 e. The minimum absolute atomic E-state index is 0.0216. The van der Waals surface area contributed by atoms with E-state index < -0.39 is 24.1 Å². The van der Waals surface area contributed by atoms with Crippen LogP contribution in [0.4, 0.5) is 0 Å². The number of carboxylic acids is 1. The van der Waals surface area contributed by atoms with Gasteiger partial charge < -0.3 is 23.8 Å². The molecule has 8 heteroatoms. The monoisotopic (exact) mass is 715 g/mol. The second kappa shape index (κ2) is 33.9. The van der Waals surface area contributed by atoms with Gasteiger partial charge in [0.15, 0.2) is 12.1 Å². The van der Waals surface area contributed by atoms with Crippen LogP contribution in [0.5, 0.6) is 0 Å². The van der Waals surface area contributed by atoms with Gasteiger partial charge in [0.05, 0.1) is 40.8 Å². The van der Waals surface area contributed by atoms with Crippen molar-refractivity contribution >= 4 is 17.9 Å². The summed E-state index contributed by atoms with van der Waals surface area (Å²) in [5.41, 5.74) is 0. The van der Waals surface area contributed by atoms with Crippen molar-refractivity contribution in [1.29, 1.82) is 0 Å². The zero-order valence-electron chi connectivity index (χ0n) is 32.8. The Kier molecular flexibility index (Phi) is 31.7. The lowest BCUT2D eigenvalue weighted by molar-refractivity contribution is -0.887. The smallest absolute Gasteiger partial charge is 0.362 e. The van der Waals surface area contributed by atoms with E-state index in [0.29, 0.717) is 6.42 Å². The van der Waals surface area contributed by atoms with Crippen molar-refractivity contribution in [3.05, 3.63) is 72.9 Å². The summed E-state index contributed by atoms with van der Waals surface area (Å²) in [5.74, 6) is -1.66. The average Bonchev–Trinajstić information content (AvgIpc) is 3.08. The Bertz CT molecular complexity index is 1060. The number of esters is 2. The molecule has 0 aromatic carbocycles. The van der Waals surface area contributed by atoms with Gasteiger partial charge in [-0.15, -0.1) is 0 Å². The number of carbonyl (C=O) groups excluding carboxylic acids is 2. The van der Waals surface area contributed by atoms with Crippen LogP contribution in [0.1, 0.15) is 129 Å². The number of hydrogen-bond acceptors (Lipinski definition) is 6. The average molecular weight is 715 g/mol. The molecule has 0 aliphatic heterocycles. The number of quaternary nitrogens is 1. The number of ether oxygens (including phenoxy) is 3. The summed E-state index contributed by atoms with van der Waals surface area (Å²) >= 11 is 0. The van der Waals surface area contributed by atoms with Crippen LogP contribution < -0.4 is 0 Å². The predicted molar refractivity (Wildman–Crippen MR) is 210 cm³/mol. The fourth-order valence-electron chi connectivity index (χ4n) is 5.15. The van der Waals surface area contributed by atoms with Gasteiger partial charge in [-0.2, -0.15) is 0 Å². The van der Waals surface area contributed by atoms with E-state index in [4.69, 9.17) is 14.2 Å². The Hall–Kier alpha value is -3.23. The second-order valence-electron chi connectivity index (χ2n) is 13.9. The van der Waals surface area contributed by atoms with Crippen LogP contribution in [-0.2, 0) is 28.6 Å². The summed E-state index contributed by atoms with van der Waals surface area (Å²) in [6.07, 6.45) is 41.3. The van der Waals surface area contributed by atoms with Gasteiger partial charge in [0.25, 0.3) is 0 Å². The lowest BCUT2D eigenvalue weighted by Gasteiger charge is -2.31. The van der Waals surface area contributed by atoms with Crippen molar-refractivity contribution in [2.75, 3.05) is 41.0 Å². The molecule has 0 saturated heterocycles. The van der Waals surface area contributed by atoms with Gasteiger partial charge in [0.2, 0.25) is 0 Å². The first-order chi connectivity index (χ1) is 24.6. The van der Waals surface area contributed by atoms with E-state index in [9.17, 15) is 19.5 Å². The predicted octanol–water partition coefficient (Wildman–Crippen LogP) is 10.0. The normalized spacial score (nSPS) is 13.8. The van der Waals surface area contributed by atoms with Gasteiger partial charge in [-0.25, -0.2) is 4.79 Å². The third-order valence-corrected chi connectivity index (χ3v) is 8.18. The van der Waals surface area contributed by atoms with Crippen LogP contribution in [0.15, 0.2) is 72.9 Å². The number of aliphatic carboxylic acids is 1. The van der Waals surface area contributed by atoms with Crippen LogP contribution in [0.2, 0.25) is 0 Å². The fourth-order valence-corrected chi connectivity index (χ4v) is 5.15. The Labute approximate surface area is 311 Å². The highest BCUT2D eigenvalue weighted by atomic mass is 16.6. The first-order valence-electron chi connectivity index (χ1n) is 19.5. The zero-order chi connectivity index (χ0) is 37.8. The van der Waals surface area contributed by atoms with Crippen molar-refractivity contribution in [1.82, 2.24) is 0 Å². The van der Waals surface area contributed by atoms with E-state index in [0.717, 1.165) is 64.2 Å². The number of likely N-dealkylation sites (N-methyl/N-ethyl adjacent to an activating group) is 1. The molecule has 0 saturated carbocycles. The molecule has 0 heterocycles. The van der Waals surface area contributed by atoms with Crippen molar-refractivity contribution in [2.45, 2.75) is 142 Å². The highest BCUT2D eigenvalue weighted by Crippen LogP contribution is 2.12. The zero-order valence-corrected chi connectivity index (χ0v) is 32.8. The Balaban J connectivity index is 4.50. The lowest BCUT2D eigenvalue weighted by atomic mass is 10.1. The lowest BCUT2D eigenvalue weighted by Crippen LogP contribution is -2.50. The van der Waals surface area contributed by atoms with Gasteiger partial charge in [-0.1, -0.05) is 132 Å². The molecule has 0 bridgehead atoms. The molecule has 0 amide bonds. The number of carbonyl (C=O) groups is 3. The summed E-state index contributed by atoms with van der Waals surface area (Å²) in [7, 11) is 5.47. The summed E-state index contributed by atoms with van der Waals surface area (Å²) in [5, 5.41) is 9.57. The molecule has 0 aliphatic carbocycles. The third-order valence-electron chi connectivity index (χ3n) is 8.18. The fraction of sp³-hybridized carbons (Fsp3) is 0.651. The maximum absolute atomic E-state index is 12.6. The second-order valence-corrected chi connectivity index (χ2v) is 13.9. The summed E-state index contributed by atoms with van der Waals surface area (Å²) in [6, 6.07) is -0.631. The van der Waals surface area contributed by atoms with Crippen LogP contribution in [0, 0.1) is 0 Å². The number of unbranched alkanes of at least 4 members (excludes halogenated alkanes) is 10. The standard InChI is InChI=1S/C43H71NO7/c1-6-8-10-12-14-16-17-18-19-20-21-22-23-24-26-28-30-32-34-42(46)51-39(37-49-36-35-40(43(47)48)44(3,4)5)38-50-41(45)33-31-29-27-25-15-13-11-9-7-2/h9,11,15,17-22,25,29,31,39-40H,6-8,10,12-14,16,23-24,26-28,30,32-38H2,1-5H3/p+1/b11-9+,18-17+,20-19+,22-21+,25-15+,31-29+. The first-order valence-corrected chi connectivity index (χ1v) is 19.5. The molecule has 0 aliphatic rings. The quantitative estimate of drug-likeness (QED) is 0.0238. The Morgan fingerprint density at radius 3 is 1.80 bits per heavy atom. The summed E-state index contributed by atoms with van der Waals surface area (Å²) < 4.78 is 17.0. The maximum Gasteiger partial charge on any atom is 0.362 e. The number of nitrogens with zero attached hydrogens (tertiary/aromatic N) is 1. The van der Waals surface area contributed by atoms with Crippen LogP contribution in [-0.4, -0.2) is 80.6 Å². The largest absolute Gasteiger partial charge is 0.477 e. The molecule has 2 unspecified atom stereocenters. The molecule has 51 heavy (non-hydrogen) atoms. The van der Waals surface area contributed by atoms with Crippen LogP contribution in [0.3, 0.4) is 0 Å². The molecule has 290 valence electrons. The van der Waals surface area contributed by atoms with Crippen LogP contribution >= 0.6 is 0 Å². The number of allylic oxidation sites excluding steroid dienone is 11. The highest BCUT2D eigenvalue weighted by Gasteiger charge is 2.31. The number of hydrogen-bond donors (Lipinski definition) is 1. The third kappa shape index (κ3) is 32.4. The Morgan fingerprint density at radius 2 is 1.22 bits per heavy atom.